The molecule has 1 N–H and O–H groups in total. The molecule has 0 bridgehead atoms. The Hall–Kier alpha value is -3.40. The van der Waals surface area contributed by atoms with E-state index in [-0.39, 0.29) is 24.3 Å². The van der Waals surface area contributed by atoms with Crippen molar-refractivity contribution in [2.24, 2.45) is 0 Å². The van der Waals surface area contributed by atoms with E-state index in [1.54, 1.807) is 36.4 Å². The molecule has 1 atom stereocenters. The molecule has 4 heteroatoms. The van der Waals surface area contributed by atoms with Gasteiger partial charge in [-0.1, -0.05) is 60.7 Å². The second-order valence-corrected chi connectivity index (χ2v) is 7.00. The van der Waals surface area contributed by atoms with Gasteiger partial charge >= 0.3 is 0 Å². The van der Waals surface area contributed by atoms with Gasteiger partial charge in [0, 0.05) is 17.2 Å². The summed E-state index contributed by atoms with van der Waals surface area (Å²) in [6.45, 7) is 1.94. The van der Waals surface area contributed by atoms with Gasteiger partial charge in [-0.15, -0.1) is 0 Å². The van der Waals surface area contributed by atoms with E-state index < -0.39 is 0 Å². The standard InChI is InChI=1S/C25H25NO3/c1-19(12-13-20-8-4-2-5-9-20)26-24(27)18-29-23-16-14-22(15-17-23)25(28)21-10-6-3-7-11-21/h2-11,14-17,19H,12-13,18H2,1H3,(H,26,27). The van der Waals surface area contributed by atoms with Crippen molar-refractivity contribution in [3.05, 3.63) is 102 Å². The number of carbonyl (C=O) groups excluding carboxylic acids is 2. The van der Waals surface area contributed by atoms with E-state index >= 15 is 0 Å². The Morgan fingerprint density at radius 3 is 2.07 bits per heavy atom. The summed E-state index contributed by atoms with van der Waals surface area (Å²) in [6, 6.07) is 26.2. The fourth-order valence-electron chi connectivity index (χ4n) is 3.02. The molecule has 0 radical (unpaired) electrons. The van der Waals surface area contributed by atoms with Crippen LogP contribution in [0.25, 0.3) is 0 Å². The maximum Gasteiger partial charge on any atom is 0.258 e. The molecule has 0 aliphatic heterocycles. The van der Waals surface area contributed by atoms with Crippen LogP contribution in [0, 0.1) is 0 Å². The molecule has 0 aliphatic rings. The Bertz CT molecular complexity index is 921. The van der Waals surface area contributed by atoms with Gasteiger partial charge in [-0.25, -0.2) is 0 Å². The van der Waals surface area contributed by atoms with Gasteiger partial charge in [0.05, 0.1) is 0 Å². The van der Waals surface area contributed by atoms with Crippen molar-refractivity contribution in [3.63, 3.8) is 0 Å². The first kappa shape index (κ1) is 20.3. The van der Waals surface area contributed by atoms with Gasteiger partial charge in [0.2, 0.25) is 0 Å². The molecule has 0 aliphatic carbocycles. The largest absolute Gasteiger partial charge is 0.484 e. The molecule has 0 spiro atoms. The van der Waals surface area contributed by atoms with Gasteiger partial charge in [0.25, 0.3) is 5.91 Å². The van der Waals surface area contributed by atoms with E-state index in [0.717, 1.165) is 12.8 Å². The Morgan fingerprint density at radius 2 is 1.41 bits per heavy atom. The summed E-state index contributed by atoms with van der Waals surface area (Å²) in [5.74, 6) is 0.360. The van der Waals surface area contributed by atoms with Gasteiger partial charge in [0.1, 0.15) is 5.75 Å². The molecule has 0 saturated carbocycles. The topological polar surface area (TPSA) is 55.4 Å². The molecule has 0 heterocycles. The van der Waals surface area contributed by atoms with Crippen LogP contribution in [0.3, 0.4) is 0 Å². The molecular weight excluding hydrogens is 362 g/mol. The molecule has 3 rings (SSSR count). The van der Waals surface area contributed by atoms with Crippen LogP contribution < -0.4 is 10.1 Å². The Labute approximate surface area is 171 Å². The molecule has 3 aromatic carbocycles. The number of benzene rings is 3. The molecule has 1 unspecified atom stereocenters. The van der Waals surface area contributed by atoms with E-state index in [0.29, 0.717) is 16.9 Å². The van der Waals surface area contributed by atoms with E-state index in [1.165, 1.54) is 5.56 Å². The van der Waals surface area contributed by atoms with E-state index in [9.17, 15) is 9.59 Å². The van der Waals surface area contributed by atoms with Crippen molar-refractivity contribution in [1.82, 2.24) is 5.32 Å². The van der Waals surface area contributed by atoms with Gasteiger partial charge in [0.15, 0.2) is 12.4 Å². The summed E-state index contributed by atoms with van der Waals surface area (Å²) in [7, 11) is 0. The van der Waals surface area contributed by atoms with Crippen LogP contribution in [-0.2, 0) is 11.2 Å². The average Bonchev–Trinajstić information content (AvgIpc) is 2.77. The van der Waals surface area contributed by atoms with Crippen LogP contribution >= 0.6 is 0 Å². The predicted octanol–water partition coefficient (Wildman–Crippen LogP) is 4.43. The summed E-state index contributed by atoms with van der Waals surface area (Å²) < 4.78 is 5.55. The summed E-state index contributed by atoms with van der Waals surface area (Å²) in [5, 5.41) is 2.95. The first-order chi connectivity index (χ1) is 14.1. The average molecular weight is 387 g/mol. The molecule has 1 amide bonds. The smallest absolute Gasteiger partial charge is 0.258 e. The number of rotatable bonds is 9. The highest BCUT2D eigenvalue weighted by Crippen LogP contribution is 2.15. The fraction of sp³-hybridized carbons (Fsp3) is 0.200. The van der Waals surface area contributed by atoms with Crippen LogP contribution in [0.4, 0.5) is 0 Å². The van der Waals surface area contributed by atoms with E-state index in [2.05, 4.69) is 17.4 Å². The van der Waals surface area contributed by atoms with Crippen LogP contribution in [-0.4, -0.2) is 24.3 Å². The van der Waals surface area contributed by atoms with Crippen LogP contribution in [0.15, 0.2) is 84.9 Å². The second kappa shape index (κ2) is 10.2. The lowest BCUT2D eigenvalue weighted by molar-refractivity contribution is -0.123. The van der Waals surface area contributed by atoms with Crippen molar-refractivity contribution in [1.29, 1.82) is 0 Å². The maximum atomic E-state index is 12.4. The van der Waals surface area contributed by atoms with Crippen molar-refractivity contribution in [2.75, 3.05) is 6.61 Å². The lowest BCUT2D eigenvalue weighted by Gasteiger charge is -2.14. The zero-order valence-electron chi connectivity index (χ0n) is 16.5. The van der Waals surface area contributed by atoms with E-state index in [1.807, 2.05) is 43.3 Å². The number of hydrogen-bond donors (Lipinski definition) is 1. The number of nitrogens with one attached hydrogen (secondary N) is 1. The van der Waals surface area contributed by atoms with Gasteiger partial charge in [-0.05, 0) is 49.6 Å². The number of ether oxygens (including phenoxy) is 1. The van der Waals surface area contributed by atoms with Crippen LogP contribution in [0.1, 0.15) is 34.8 Å². The van der Waals surface area contributed by atoms with Crippen molar-refractivity contribution >= 4 is 11.7 Å². The SMILES string of the molecule is CC(CCc1ccccc1)NC(=O)COc1ccc(C(=O)c2ccccc2)cc1. The molecule has 0 aromatic heterocycles. The number of ketones is 1. The van der Waals surface area contributed by atoms with E-state index in [4.69, 9.17) is 4.74 Å². The Morgan fingerprint density at radius 1 is 0.828 bits per heavy atom. The van der Waals surface area contributed by atoms with Crippen molar-refractivity contribution in [3.8, 4) is 5.75 Å². The van der Waals surface area contributed by atoms with Crippen LogP contribution in [0.5, 0.6) is 5.75 Å². The van der Waals surface area contributed by atoms with Gasteiger partial charge < -0.3 is 10.1 Å². The molecule has 3 aromatic rings. The molecule has 0 fully saturated rings. The van der Waals surface area contributed by atoms with Gasteiger partial charge in [-0.3, -0.25) is 9.59 Å². The normalized spacial score (nSPS) is 11.5. The zero-order chi connectivity index (χ0) is 20.5. The zero-order valence-corrected chi connectivity index (χ0v) is 16.5. The first-order valence-electron chi connectivity index (χ1n) is 9.78. The number of aryl methyl sites for hydroxylation is 1. The van der Waals surface area contributed by atoms with Crippen LogP contribution in [0.2, 0.25) is 0 Å². The minimum atomic E-state index is -0.157. The molecule has 4 nitrogen and oxygen atoms in total. The summed E-state index contributed by atoms with van der Waals surface area (Å²) in [4.78, 5) is 24.5. The molecular formula is C25H25NO3. The molecule has 0 saturated heterocycles. The summed E-state index contributed by atoms with van der Waals surface area (Å²) in [5.41, 5.74) is 2.49. The Kier molecular flexibility index (Phi) is 7.17. The maximum absolute atomic E-state index is 12.4. The van der Waals surface area contributed by atoms with Crippen molar-refractivity contribution < 1.29 is 14.3 Å². The third-order valence-corrected chi connectivity index (χ3v) is 4.64. The third-order valence-electron chi connectivity index (χ3n) is 4.64. The minimum Gasteiger partial charge on any atom is -0.484 e. The molecule has 29 heavy (non-hydrogen) atoms. The minimum absolute atomic E-state index is 0.0397. The number of amides is 1. The summed E-state index contributed by atoms with van der Waals surface area (Å²) >= 11 is 0. The van der Waals surface area contributed by atoms with Gasteiger partial charge in [-0.2, -0.15) is 0 Å². The lowest BCUT2D eigenvalue weighted by atomic mass is 10.0. The highest BCUT2D eigenvalue weighted by molar-refractivity contribution is 6.08. The monoisotopic (exact) mass is 387 g/mol. The molecule has 148 valence electrons. The number of hydrogen-bond acceptors (Lipinski definition) is 3. The number of carbonyl (C=O) groups is 2. The third kappa shape index (κ3) is 6.32. The highest BCUT2D eigenvalue weighted by atomic mass is 16.5. The second-order valence-electron chi connectivity index (χ2n) is 7.00. The first-order valence-corrected chi connectivity index (χ1v) is 9.78. The van der Waals surface area contributed by atoms with Crippen molar-refractivity contribution in [2.45, 2.75) is 25.8 Å². The fourth-order valence-corrected chi connectivity index (χ4v) is 3.02. The summed E-state index contributed by atoms with van der Waals surface area (Å²) in [6.07, 6.45) is 1.78. The Balaban J connectivity index is 1.43. The quantitative estimate of drug-likeness (QED) is 0.553. The predicted molar refractivity (Wildman–Crippen MR) is 114 cm³/mol. The lowest BCUT2D eigenvalue weighted by Crippen LogP contribution is -2.36. The highest BCUT2D eigenvalue weighted by Gasteiger charge is 2.10.